The Bertz CT molecular complexity index is 1340. The standard InChI is InChI=1S/C29H27FN4O4/c30-21-11-12-23-22(17-21)29(27(36)31-28(37)32-29)18-24(38-23)26(35)34-15-13-33(14-16-34)25(19-7-3-1-4-8-19)20-9-5-2-6-10-20/h1-12,17,24-25H,13-16,18H2,(H2,31,32,36,37)/t24-,29-/m0/s1. The lowest BCUT2D eigenvalue weighted by molar-refractivity contribution is -0.143. The molecule has 2 atom stereocenters. The molecular formula is C29H27FN4O4. The molecule has 6 rings (SSSR count). The number of halogens is 1. The van der Waals surface area contributed by atoms with Gasteiger partial charge in [-0.05, 0) is 29.3 Å². The number of rotatable bonds is 4. The number of nitrogens with one attached hydrogen (secondary N) is 2. The number of amides is 4. The minimum Gasteiger partial charge on any atom is -0.480 e. The molecule has 0 unspecified atom stereocenters. The van der Waals surface area contributed by atoms with Gasteiger partial charge in [-0.2, -0.15) is 0 Å². The highest BCUT2D eigenvalue weighted by molar-refractivity contribution is 6.08. The van der Waals surface area contributed by atoms with Gasteiger partial charge in [-0.3, -0.25) is 19.8 Å². The number of urea groups is 1. The summed E-state index contributed by atoms with van der Waals surface area (Å²) in [5.74, 6) is -1.23. The van der Waals surface area contributed by atoms with E-state index >= 15 is 0 Å². The van der Waals surface area contributed by atoms with Crippen molar-refractivity contribution in [3.05, 3.63) is 101 Å². The molecule has 3 aliphatic heterocycles. The fourth-order valence-electron chi connectivity index (χ4n) is 5.77. The van der Waals surface area contributed by atoms with Crippen molar-refractivity contribution in [3.63, 3.8) is 0 Å². The first-order valence-electron chi connectivity index (χ1n) is 12.7. The monoisotopic (exact) mass is 514 g/mol. The van der Waals surface area contributed by atoms with E-state index in [-0.39, 0.29) is 29.7 Å². The Balaban J connectivity index is 1.21. The van der Waals surface area contributed by atoms with E-state index in [2.05, 4.69) is 39.8 Å². The number of imide groups is 1. The molecule has 0 radical (unpaired) electrons. The second-order valence-corrected chi connectivity index (χ2v) is 9.85. The van der Waals surface area contributed by atoms with Crippen molar-refractivity contribution < 1.29 is 23.5 Å². The molecule has 4 amide bonds. The van der Waals surface area contributed by atoms with Gasteiger partial charge in [-0.1, -0.05) is 60.7 Å². The molecule has 2 N–H and O–H groups in total. The molecule has 0 aromatic heterocycles. The largest absolute Gasteiger partial charge is 0.480 e. The topological polar surface area (TPSA) is 91.0 Å². The van der Waals surface area contributed by atoms with E-state index in [1.54, 1.807) is 4.90 Å². The highest BCUT2D eigenvalue weighted by atomic mass is 19.1. The molecule has 9 heteroatoms. The van der Waals surface area contributed by atoms with Crippen molar-refractivity contribution in [1.82, 2.24) is 20.4 Å². The fourth-order valence-corrected chi connectivity index (χ4v) is 5.77. The van der Waals surface area contributed by atoms with Gasteiger partial charge >= 0.3 is 6.03 Å². The van der Waals surface area contributed by atoms with Gasteiger partial charge in [-0.15, -0.1) is 0 Å². The number of nitrogens with zero attached hydrogens (tertiary/aromatic N) is 2. The normalized spacial score (nSPS) is 23.1. The average molecular weight is 515 g/mol. The molecule has 38 heavy (non-hydrogen) atoms. The van der Waals surface area contributed by atoms with Gasteiger partial charge in [0.25, 0.3) is 11.8 Å². The van der Waals surface area contributed by atoms with Crippen LogP contribution in [0.3, 0.4) is 0 Å². The molecule has 194 valence electrons. The van der Waals surface area contributed by atoms with Crippen LogP contribution in [0.2, 0.25) is 0 Å². The Morgan fingerprint density at radius 3 is 2.13 bits per heavy atom. The zero-order chi connectivity index (χ0) is 26.3. The molecule has 0 saturated carbocycles. The lowest BCUT2D eigenvalue weighted by atomic mass is 9.81. The Morgan fingerprint density at radius 1 is 0.921 bits per heavy atom. The number of hydrogen-bond donors (Lipinski definition) is 2. The Labute approximate surface area is 219 Å². The Morgan fingerprint density at radius 2 is 1.55 bits per heavy atom. The quantitative estimate of drug-likeness (QED) is 0.523. The highest BCUT2D eigenvalue weighted by Crippen LogP contribution is 2.42. The van der Waals surface area contributed by atoms with E-state index in [0.29, 0.717) is 26.2 Å². The average Bonchev–Trinajstić information content (AvgIpc) is 3.22. The first-order valence-corrected chi connectivity index (χ1v) is 12.7. The first-order chi connectivity index (χ1) is 18.4. The number of ether oxygens (including phenoxy) is 1. The van der Waals surface area contributed by atoms with Crippen LogP contribution in [-0.2, 0) is 15.1 Å². The molecule has 3 aromatic carbocycles. The third-order valence-electron chi connectivity index (χ3n) is 7.60. The van der Waals surface area contributed by atoms with Crippen molar-refractivity contribution in [2.45, 2.75) is 24.1 Å². The van der Waals surface area contributed by atoms with E-state index in [1.807, 2.05) is 36.4 Å². The van der Waals surface area contributed by atoms with Gasteiger partial charge in [0, 0.05) is 38.2 Å². The molecule has 0 aliphatic carbocycles. The molecule has 3 heterocycles. The van der Waals surface area contributed by atoms with Gasteiger partial charge in [0.15, 0.2) is 11.6 Å². The summed E-state index contributed by atoms with van der Waals surface area (Å²) < 4.78 is 20.1. The van der Waals surface area contributed by atoms with Gasteiger partial charge in [0.2, 0.25) is 0 Å². The lowest BCUT2D eigenvalue weighted by Gasteiger charge is -2.42. The van der Waals surface area contributed by atoms with Gasteiger partial charge < -0.3 is 15.0 Å². The number of piperazine rings is 1. The Kier molecular flexibility index (Phi) is 6.07. The second-order valence-electron chi connectivity index (χ2n) is 9.85. The maximum absolute atomic E-state index is 14.1. The number of hydrogen-bond acceptors (Lipinski definition) is 5. The molecule has 3 aliphatic rings. The molecule has 8 nitrogen and oxygen atoms in total. The smallest absolute Gasteiger partial charge is 0.322 e. The lowest BCUT2D eigenvalue weighted by Crippen LogP contribution is -2.57. The third-order valence-corrected chi connectivity index (χ3v) is 7.60. The van der Waals surface area contributed by atoms with Crippen LogP contribution in [0.5, 0.6) is 5.75 Å². The zero-order valence-electron chi connectivity index (χ0n) is 20.6. The van der Waals surface area contributed by atoms with Crippen molar-refractivity contribution in [1.29, 1.82) is 0 Å². The van der Waals surface area contributed by atoms with Crippen molar-refractivity contribution in [2.75, 3.05) is 26.2 Å². The van der Waals surface area contributed by atoms with Crippen LogP contribution >= 0.6 is 0 Å². The van der Waals surface area contributed by atoms with Gasteiger partial charge in [-0.25, -0.2) is 9.18 Å². The van der Waals surface area contributed by atoms with Crippen LogP contribution in [0, 0.1) is 5.82 Å². The van der Waals surface area contributed by atoms with E-state index in [9.17, 15) is 18.8 Å². The molecule has 1 spiro atoms. The maximum atomic E-state index is 14.1. The van der Waals surface area contributed by atoms with Crippen LogP contribution in [-0.4, -0.2) is 59.9 Å². The summed E-state index contributed by atoms with van der Waals surface area (Å²) in [7, 11) is 0. The van der Waals surface area contributed by atoms with Crippen molar-refractivity contribution in [3.8, 4) is 5.75 Å². The van der Waals surface area contributed by atoms with Crippen LogP contribution in [0.25, 0.3) is 0 Å². The summed E-state index contributed by atoms with van der Waals surface area (Å²) in [4.78, 5) is 42.7. The van der Waals surface area contributed by atoms with Gasteiger partial charge in [0.1, 0.15) is 11.6 Å². The summed E-state index contributed by atoms with van der Waals surface area (Å²) in [6, 6.07) is 23.7. The van der Waals surface area contributed by atoms with Crippen LogP contribution in [0.1, 0.15) is 29.2 Å². The number of fused-ring (bicyclic) bond motifs is 2. The third kappa shape index (κ3) is 4.18. The number of carbonyl (C=O) groups excluding carboxylic acids is 3. The minimum atomic E-state index is -1.55. The SMILES string of the molecule is O=C1NC(=O)[C@@]2(C[C@@H](C(=O)N3CCN(C(c4ccccc4)c4ccccc4)CC3)Oc3ccc(F)cc32)N1. The summed E-state index contributed by atoms with van der Waals surface area (Å²) in [6.07, 6.45) is -1.11. The molecule has 3 aromatic rings. The predicted molar refractivity (Wildman–Crippen MR) is 137 cm³/mol. The maximum Gasteiger partial charge on any atom is 0.322 e. The van der Waals surface area contributed by atoms with Crippen molar-refractivity contribution >= 4 is 17.8 Å². The van der Waals surface area contributed by atoms with E-state index in [0.717, 1.165) is 0 Å². The predicted octanol–water partition coefficient (Wildman–Crippen LogP) is 2.95. The molecule has 2 saturated heterocycles. The molecule has 0 bridgehead atoms. The van der Waals surface area contributed by atoms with Crippen LogP contribution in [0.15, 0.2) is 78.9 Å². The minimum absolute atomic E-state index is 0.0584. The number of benzene rings is 3. The van der Waals surface area contributed by atoms with E-state index in [1.165, 1.54) is 29.3 Å². The summed E-state index contributed by atoms with van der Waals surface area (Å²) >= 11 is 0. The van der Waals surface area contributed by atoms with E-state index in [4.69, 9.17) is 4.74 Å². The van der Waals surface area contributed by atoms with Crippen LogP contribution < -0.4 is 15.4 Å². The van der Waals surface area contributed by atoms with Crippen molar-refractivity contribution in [2.24, 2.45) is 0 Å². The first kappa shape index (κ1) is 24.1. The summed E-state index contributed by atoms with van der Waals surface area (Å²) in [5.41, 5.74) is 1.02. The highest BCUT2D eigenvalue weighted by Gasteiger charge is 2.55. The Hall–Kier alpha value is -4.24. The second kappa shape index (κ2) is 9.57. The van der Waals surface area contributed by atoms with Crippen LogP contribution in [0.4, 0.5) is 9.18 Å². The summed E-state index contributed by atoms with van der Waals surface area (Å²) in [5, 5.41) is 4.85. The zero-order valence-corrected chi connectivity index (χ0v) is 20.6. The fraction of sp³-hybridized carbons (Fsp3) is 0.276. The molecule has 2 fully saturated rings. The van der Waals surface area contributed by atoms with Gasteiger partial charge in [0.05, 0.1) is 6.04 Å². The molecular weight excluding hydrogens is 487 g/mol. The number of carbonyl (C=O) groups is 3. The summed E-state index contributed by atoms with van der Waals surface area (Å²) in [6.45, 7) is 2.27. The van der Waals surface area contributed by atoms with E-state index < -0.39 is 29.4 Å².